The molecule has 2 heterocycles. The summed E-state index contributed by atoms with van der Waals surface area (Å²) < 4.78 is 20.1. The Kier molecular flexibility index (Phi) is 5.98. The van der Waals surface area contributed by atoms with E-state index in [9.17, 15) is 9.50 Å². The van der Waals surface area contributed by atoms with Gasteiger partial charge in [0.2, 0.25) is 5.95 Å². The molecule has 0 radical (unpaired) electrons. The Labute approximate surface area is 166 Å². The van der Waals surface area contributed by atoms with Crippen LogP contribution in [0, 0.1) is 17.7 Å². The van der Waals surface area contributed by atoms with E-state index in [1.807, 2.05) is 0 Å². The number of rotatable bonds is 3. The van der Waals surface area contributed by atoms with Crippen LogP contribution in [0.2, 0.25) is 0 Å². The molecule has 0 unspecified atom stereocenters. The second kappa shape index (κ2) is 8.24. The molecular weight excluding hydrogens is 413 g/mol. The van der Waals surface area contributed by atoms with Gasteiger partial charge in [0.05, 0.1) is 10.0 Å². The van der Waals surface area contributed by atoms with Crippen molar-refractivity contribution in [3.63, 3.8) is 0 Å². The number of hydrogen-bond acceptors (Lipinski definition) is 5. The molecule has 1 aromatic heterocycles. The van der Waals surface area contributed by atoms with Crippen molar-refractivity contribution < 1.29 is 14.2 Å². The first-order valence-electron chi connectivity index (χ1n) is 8.74. The summed E-state index contributed by atoms with van der Waals surface area (Å²) in [5, 5.41) is 9.64. The summed E-state index contributed by atoms with van der Waals surface area (Å²) in [5.41, 5.74) is -0.382. The number of aliphatic hydroxyl groups is 1. The summed E-state index contributed by atoms with van der Waals surface area (Å²) in [6.45, 7) is 4.77. The van der Waals surface area contributed by atoms with Crippen LogP contribution in [0.4, 0.5) is 10.3 Å². The Hall–Kier alpha value is -2.17. The third-order valence-electron chi connectivity index (χ3n) is 4.06. The van der Waals surface area contributed by atoms with Gasteiger partial charge in [0.25, 0.3) is 0 Å². The van der Waals surface area contributed by atoms with Crippen LogP contribution in [-0.4, -0.2) is 39.9 Å². The fourth-order valence-corrected chi connectivity index (χ4v) is 3.03. The first-order valence-corrected chi connectivity index (χ1v) is 9.54. The van der Waals surface area contributed by atoms with Gasteiger partial charge in [-0.15, -0.1) is 0 Å². The molecular formula is C20H21BrFN3O2. The maximum atomic E-state index is 13.4. The molecule has 1 fully saturated rings. The molecule has 3 rings (SSSR count). The standard InChI is InChI=1S/C20H21BrFN3O2/c1-20(2,26)8-5-14-12-23-19(24-13-14)25-9-6-16(7-10-25)27-18-11-15(22)3-4-17(18)21/h3-4,11-13,16,26H,6-7,9-10H2,1-2H3. The van der Waals surface area contributed by atoms with Gasteiger partial charge in [-0.25, -0.2) is 14.4 Å². The van der Waals surface area contributed by atoms with Crippen LogP contribution in [0.5, 0.6) is 5.75 Å². The second-order valence-corrected chi connectivity index (χ2v) is 7.81. The largest absolute Gasteiger partial charge is 0.489 e. The Bertz CT molecular complexity index is 848. The van der Waals surface area contributed by atoms with Crippen LogP contribution in [0.3, 0.4) is 0 Å². The van der Waals surface area contributed by atoms with Crippen molar-refractivity contribution in [3.05, 3.63) is 46.4 Å². The van der Waals surface area contributed by atoms with Crippen LogP contribution >= 0.6 is 15.9 Å². The zero-order chi connectivity index (χ0) is 19.4. The molecule has 0 atom stereocenters. The molecule has 1 aromatic carbocycles. The third-order valence-corrected chi connectivity index (χ3v) is 4.72. The number of aromatic nitrogens is 2. The lowest BCUT2D eigenvalue weighted by atomic mass is 10.1. The molecule has 0 spiro atoms. The molecule has 0 bridgehead atoms. The van der Waals surface area contributed by atoms with E-state index in [1.165, 1.54) is 12.1 Å². The average Bonchev–Trinajstić information content (AvgIpc) is 2.64. The Morgan fingerprint density at radius 2 is 1.93 bits per heavy atom. The predicted molar refractivity (Wildman–Crippen MR) is 105 cm³/mol. The van der Waals surface area contributed by atoms with Crippen LogP contribution in [-0.2, 0) is 0 Å². The van der Waals surface area contributed by atoms with Crippen molar-refractivity contribution in [1.29, 1.82) is 0 Å². The number of nitrogens with zero attached hydrogens (tertiary/aromatic N) is 3. The monoisotopic (exact) mass is 433 g/mol. The van der Waals surface area contributed by atoms with Gasteiger partial charge in [0.1, 0.15) is 23.3 Å². The maximum absolute atomic E-state index is 13.4. The minimum Gasteiger partial charge on any atom is -0.489 e. The summed E-state index contributed by atoms with van der Waals surface area (Å²) in [7, 11) is 0. The average molecular weight is 434 g/mol. The smallest absolute Gasteiger partial charge is 0.225 e. The number of anilines is 1. The van der Waals surface area contributed by atoms with Crippen molar-refractivity contribution in [1.82, 2.24) is 9.97 Å². The van der Waals surface area contributed by atoms with Crippen LogP contribution in [0.25, 0.3) is 0 Å². The van der Waals surface area contributed by atoms with Gasteiger partial charge in [0.15, 0.2) is 0 Å². The van der Waals surface area contributed by atoms with Gasteiger partial charge in [-0.2, -0.15) is 0 Å². The van der Waals surface area contributed by atoms with Crippen molar-refractivity contribution >= 4 is 21.9 Å². The van der Waals surface area contributed by atoms with Crippen molar-refractivity contribution in [3.8, 4) is 17.6 Å². The van der Waals surface area contributed by atoms with Gasteiger partial charge < -0.3 is 14.7 Å². The van der Waals surface area contributed by atoms with E-state index in [-0.39, 0.29) is 11.9 Å². The van der Waals surface area contributed by atoms with Crippen LogP contribution < -0.4 is 9.64 Å². The van der Waals surface area contributed by atoms with Crippen molar-refractivity contribution in [2.45, 2.75) is 38.4 Å². The first-order chi connectivity index (χ1) is 12.8. The number of benzene rings is 1. The lowest BCUT2D eigenvalue weighted by molar-refractivity contribution is 0.143. The van der Waals surface area contributed by atoms with E-state index in [1.54, 1.807) is 32.3 Å². The van der Waals surface area contributed by atoms with Gasteiger partial charge in [-0.05, 0) is 41.9 Å². The summed E-state index contributed by atoms with van der Waals surface area (Å²) in [5.74, 6) is 6.46. The molecule has 5 nitrogen and oxygen atoms in total. The van der Waals surface area contributed by atoms with Gasteiger partial charge in [0, 0.05) is 44.4 Å². The normalized spacial score (nSPS) is 15.2. The summed E-state index contributed by atoms with van der Waals surface area (Å²) in [4.78, 5) is 10.8. The van der Waals surface area contributed by atoms with E-state index in [2.05, 4.69) is 42.6 Å². The molecule has 27 heavy (non-hydrogen) atoms. The Morgan fingerprint density at radius 1 is 1.26 bits per heavy atom. The fourth-order valence-electron chi connectivity index (χ4n) is 2.69. The zero-order valence-electron chi connectivity index (χ0n) is 15.2. The molecule has 7 heteroatoms. The zero-order valence-corrected chi connectivity index (χ0v) is 16.8. The van der Waals surface area contributed by atoms with Gasteiger partial charge in [-0.3, -0.25) is 0 Å². The third kappa shape index (κ3) is 5.65. The van der Waals surface area contributed by atoms with E-state index in [0.29, 0.717) is 17.3 Å². The molecule has 142 valence electrons. The number of piperidine rings is 1. The number of halogens is 2. The second-order valence-electron chi connectivity index (χ2n) is 6.96. The SMILES string of the molecule is CC(C)(O)C#Cc1cnc(N2CCC(Oc3cc(F)ccc3Br)CC2)nc1. The maximum Gasteiger partial charge on any atom is 0.225 e. The number of ether oxygens (including phenoxy) is 1. The summed E-state index contributed by atoms with van der Waals surface area (Å²) >= 11 is 3.39. The molecule has 1 aliphatic rings. The molecule has 1 aliphatic heterocycles. The minimum absolute atomic E-state index is 0.0243. The lowest BCUT2D eigenvalue weighted by Gasteiger charge is -2.32. The molecule has 1 saturated heterocycles. The quantitative estimate of drug-likeness (QED) is 0.749. The summed E-state index contributed by atoms with van der Waals surface area (Å²) in [6, 6.07) is 4.44. The topological polar surface area (TPSA) is 58.5 Å². The number of hydrogen-bond donors (Lipinski definition) is 1. The van der Waals surface area contributed by atoms with Gasteiger partial charge >= 0.3 is 0 Å². The Morgan fingerprint density at radius 3 is 2.56 bits per heavy atom. The van der Waals surface area contributed by atoms with Crippen molar-refractivity contribution in [2.75, 3.05) is 18.0 Å². The molecule has 0 saturated carbocycles. The highest BCUT2D eigenvalue weighted by Crippen LogP contribution is 2.29. The van der Waals surface area contributed by atoms with E-state index >= 15 is 0 Å². The Balaban J connectivity index is 1.57. The van der Waals surface area contributed by atoms with E-state index in [4.69, 9.17) is 4.74 Å². The molecule has 1 N–H and O–H groups in total. The highest BCUT2D eigenvalue weighted by Gasteiger charge is 2.23. The predicted octanol–water partition coefficient (Wildman–Crippen LogP) is 3.55. The summed E-state index contributed by atoms with van der Waals surface area (Å²) in [6.07, 6.45) is 4.94. The van der Waals surface area contributed by atoms with Crippen LogP contribution in [0.15, 0.2) is 35.1 Å². The van der Waals surface area contributed by atoms with E-state index < -0.39 is 5.60 Å². The highest BCUT2D eigenvalue weighted by molar-refractivity contribution is 9.10. The molecule has 0 aliphatic carbocycles. The van der Waals surface area contributed by atoms with E-state index in [0.717, 1.165) is 30.4 Å². The molecule has 0 amide bonds. The lowest BCUT2D eigenvalue weighted by Crippen LogP contribution is -2.39. The van der Waals surface area contributed by atoms with Crippen molar-refractivity contribution in [2.24, 2.45) is 0 Å². The first kappa shape index (κ1) is 19.6. The van der Waals surface area contributed by atoms with Crippen LogP contribution in [0.1, 0.15) is 32.3 Å². The molecule has 2 aromatic rings. The fraction of sp³-hybridized carbons (Fsp3) is 0.400. The highest BCUT2D eigenvalue weighted by atomic mass is 79.9. The van der Waals surface area contributed by atoms with Gasteiger partial charge in [-0.1, -0.05) is 11.8 Å². The minimum atomic E-state index is -1.04.